The number of aryl methyl sites for hydroxylation is 4. The summed E-state index contributed by atoms with van der Waals surface area (Å²) in [4.78, 5) is 13.9. The van der Waals surface area contributed by atoms with Gasteiger partial charge >= 0.3 is 20.1 Å². The quantitative estimate of drug-likeness (QED) is 0.0904. The van der Waals surface area contributed by atoms with Gasteiger partial charge in [-0.3, -0.25) is 0 Å². The van der Waals surface area contributed by atoms with Crippen molar-refractivity contribution >= 4 is 21.7 Å². The summed E-state index contributed by atoms with van der Waals surface area (Å²) in [7, 11) is 0. The molecule has 320 valence electrons. The fraction of sp³-hybridized carbons (Fsp3) is 0.0635. The minimum atomic E-state index is 0. The van der Waals surface area contributed by atoms with E-state index in [0.717, 1.165) is 81.0 Å². The number of hydrogen-bond acceptors (Lipinski definition) is 3. The van der Waals surface area contributed by atoms with Gasteiger partial charge in [0.25, 0.3) is 0 Å². The molecule has 0 saturated heterocycles. The molecule has 0 unspecified atom stereocenters. The Morgan fingerprint density at radius 1 is 0.358 bits per heavy atom. The number of fused-ring (bicyclic) bond motifs is 3. The number of rotatable bonds is 12. The molecule has 0 saturated carbocycles. The van der Waals surface area contributed by atoms with Crippen LogP contribution in [0.4, 0.5) is 0 Å². The second-order valence-corrected chi connectivity index (χ2v) is 16.8. The van der Waals surface area contributed by atoms with Gasteiger partial charge in [-0.1, -0.05) is 174 Å². The maximum atomic E-state index is 4.86. The van der Waals surface area contributed by atoms with Crippen molar-refractivity contribution in [1.82, 2.24) is 15.0 Å². The summed E-state index contributed by atoms with van der Waals surface area (Å²) >= 11 is 0. The zero-order chi connectivity index (χ0) is 44.1. The van der Waals surface area contributed by atoms with Gasteiger partial charge in [-0.15, -0.1) is 88.3 Å². The maximum absolute atomic E-state index is 4.86. The summed E-state index contributed by atoms with van der Waals surface area (Å²) in [6.07, 6.45) is 9.14. The number of hydrogen-bond donors (Lipinski definition) is 0. The number of aromatic nitrogens is 3. The minimum Gasteiger partial charge on any atom is -0.305 e. The molecule has 0 aliphatic carbocycles. The van der Waals surface area contributed by atoms with Crippen LogP contribution in [0.1, 0.15) is 22.3 Å². The summed E-state index contributed by atoms with van der Waals surface area (Å²) in [6.45, 7) is 0. The molecule has 3 heterocycles. The Balaban J connectivity index is 0.00000525. The minimum absolute atomic E-state index is 0. The SMILES string of the molecule is [Ir+3].[c-]1cc(CCc2cc(CCc3c[c-]c(-c4ccccn4)cc3)cc(-c3ccccc3-c3c[c-]c4c(ccc5cccnc54)c3-c3ccc(-c4ccccc4)cc3)c2)ccc1-c1ccccn1. The smallest absolute Gasteiger partial charge is 0.305 e. The van der Waals surface area contributed by atoms with Crippen molar-refractivity contribution < 1.29 is 20.1 Å². The monoisotopic (exact) mass is 1040 g/mol. The van der Waals surface area contributed by atoms with Crippen LogP contribution in [0.25, 0.3) is 88.7 Å². The van der Waals surface area contributed by atoms with Crippen LogP contribution < -0.4 is 0 Å². The van der Waals surface area contributed by atoms with E-state index in [2.05, 4.69) is 186 Å². The Kier molecular flexibility index (Phi) is 12.8. The van der Waals surface area contributed by atoms with Crippen LogP contribution in [0, 0.1) is 18.2 Å². The van der Waals surface area contributed by atoms with Gasteiger partial charge in [-0.25, -0.2) is 0 Å². The molecule has 0 aliphatic heterocycles. The first-order chi connectivity index (χ1) is 32.7. The zero-order valence-electron chi connectivity index (χ0n) is 36.8. The Hall–Kier alpha value is -7.62. The summed E-state index contributed by atoms with van der Waals surface area (Å²) in [6, 6.07) is 82.1. The van der Waals surface area contributed by atoms with Crippen LogP contribution in [-0.2, 0) is 45.8 Å². The molecule has 0 atom stereocenters. The van der Waals surface area contributed by atoms with Gasteiger partial charge in [0.05, 0.1) is 0 Å². The molecule has 3 aromatic heterocycles. The molecule has 0 radical (unpaired) electrons. The maximum Gasteiger partial charge on any atom is 3.00 e. The van der Waals surface area contributed by atoms with E-state index in [1.54, 1.807) is 0 Å². The van der Waals surface area contributed by atoms with Crippen LogP contribution in [0.5, 0.6) is 0 Å². The first-order valence-electron chi connectivity index (χ1n) is 22.6. The topological polar surface area (TPSA) is 38.7 Å². The van der Waals surface area contributed by atoms with E-state index in [-0.39, 0.29) is 20.1 Å². The second-order valence-electron chi connectivity index (χ2n) is 16.8. The van der Waals surface area contributed by atoms with E-state index in [0.29, 0.717) is 0 Å². The van der Waals surface area contributed by atoms with Crippen molar-refractivity contribution in [3.05, 3.63) is 259 Å². The molecule has 4 heteroatoms. The van der Waals surface area contributed by atoms with Crippen molar-refractivity contribution in [1.29, 1.82) is 0 Å². The first kappa shape index (κ1) is 43.3. The Bertz CT molecular complexity index is 3320. The molecular weight excluding hydrogens is 991 g/mol. The summed E-state index contributed by atoms with van der Waals surface area (Å²) in [5.41, 5.74) is 19.4. The van der Waals surface area contributed by atoms with Crippen molar-refractivity contribution in [2.24, 2.45) is 0 Å². The second kappa shape index (κ2) is 19.9. The van der Waals surface area contributed by atoms with E-state index < -0.39 is 0 Å². The first-order valence-corrected chi connectivity index (χ1v) is 22.6. The largest absolute Gasteiger partial charge is 3.00 e. The van der Waals surface area contributed by atoms with E-state index in [9.17, 15) is 0 Å². The third kappa shape index (κ3) is 9.42. The Morgan fingerprint density at radius 3 is 1.54 bits per heavy atom. The Labute approximate surface area is 406 Å². The molecule has 0 bridgehead atoms. The molecule has 0 amide bonds. The molecule has 67 heavy (non-hydrogen) atoms. The van der Waals surface area contributed by atoms with Crippen LogP contribution in [0.2, 0.25) is 0 Å². The van der Waals surface area contributed by atoms with Crippen LogP contribution in [0.15, 0.2) is 219 Å². The van der Waals surface area contributed by atoms with E-state index in [1.165, 1.54) is 55.6 Å². The van der Waals surface area contributed by atoms with Crippen LogP contribution >= 0.6 is 0 Å². The summed E-state index contributed by atoms with van der Waals surface area (Å²) in [5, 5.41) is 3.26. The van der Waals surface area contributed by atoms with Gasteiger partial charge in [-0.2, -0.15) is 0 Å². The number of benzene rings is 8. The van der Waals surface area contributed by atoms with Gasteiger partial charge in [0.1, 0.15) is 0 Å². The molecular formula is C63H44IrN3. The van der Waals surface area contributed by atoms with Gasteiger partial charge in [0.2, 0.25) is 0 Å². The predicted octanol–water partition coefficient (Wildman–Crippen LogP) is 15.1. The van der Waals surface area contributed by atoms with Crippen molar-refractivity contribution in [2.75, 3.05) is 0 Å². The van der Waals surface area contributed by atoms with Crippen molar-refractivity contribution in [3.63, 3.8) is 0 Å². The average molecular weight is 1040 g/mol. The molecule has 0 aliphatic rings. The third-order valence-electron chi connectivity index (χ3n) is 12.6. The Morgan fingerprint density at radius 2 is 0.925 bits per heavy atom. The van der Waals surface area contributed by atoms with Crippen LogP contribution in [0.3, 0.4) is 0 Å². The average Bonchev–Trinajstić information content (AvgIpc) is 3.40. The molecule has 0 fully saturated rings. The molecule has 3 nitrogen and oxygen atoms in total. The van der Waals surface area contributed by atoms with Gasteiger partial charge in [0, 0.05) is 18.6 Å². The molecule has 0 N–H and O–H groups in total. The third-order valence-corrected chi connectivity index (χ3v) is 12.6. The molecule has 11 rings (SSSR count). The fourth-order valence-electron chi connectivity index (χ4n) is 9.19. The van der Waals surface area contributed by atoms with Gasteiger partial charge < -0.3 is 15.0 Å². The fourth-order valence-corrected chi connectivity index (χ4v) is 9.19. The zero-order valence-corrected chi connectivity index (χ0v) is 39.2. The predicted molar refractivity (Wildman–Crippen MR) is 272 cm³/mol. The van der Waals surface area contributed by atoms with Crippen molar-refractivity contribution in [3.8, 4) is 67.0 Å². The van der Waals surface area contributed by atoms with Gasteiger partial charge in [0.15, 0.2) is 0 Å². The normalized spacial score (nSPS) is 11.1. The van der Waals surface area contributed by atoms with Gasteiger partial charge in [-0.05, 0) is 92.3 Å². The molecule has 11 aromatic rings. The van der Waals surface area contributed by atoms with E-state index in [4.69, 9.17) is 4.98 Å². The van der Waals surface area contributed by atoms with E-state index in [1.807, 2.05) is 61.1 Å². The summed E-state index contributed by atoms with van der Waals surface area (Å²) in [5.74, 6) is 0. The van der Waals surface area contributed by atoms with E-state index >= 15 is 0 Å². The molecule has 0 spiro atoms. The number of nitrogens with zero attached hydrogens (tertiary/aromatic N) is 3. The number of pyridine rings is 3. The van der Waals surface area contributed by atoms with Crippen molar-refractivity contribution in [2.45, 2.75) is 25.7 Å². The summed E-state index contributed by atoms with van der Waals surface area (Å²) < 4.78 is 0. The van der Waals surface area contributed by atoms with Crippen LogP contribution in [-0.4, -0.2) is 15.0 Å². The standard InChI is InChI=1S/C63H44N3.Ir/c1-2-11-48(12-3-1)49-30-32-52(33-31-49)62-57(36-37-59-58(62)35-34-53-13-10-40-66-63(53)59)56-15-5-4-14-55(56)54-42-46(20-18-44-22-26-50(27-23-44)60-16-6-8-38-64-60)41-47(43-54)21-19-45-24-28-51(29-25-45)61-17-7-9-39-65-61;/h1-17,22-26,28,30-36,38-43H,18-21H2;/q-3;+3. The molecule has 8 aromatic carbocycles.